The first-order valence-corrected chi connectivity index (χ1v) is 11.8. The maximum Gasteiger partial charge on any atom is 0.253 e. The summed E-state index contributed by atoms with van der Waals surface area (Å²) in [4.78, 5) is 27.2. The van der Waals surface area contributed by atoms with Crippen LogP contribution in [-0.2, 0) is 11.4 Å². The number of carbonyl (C=O) groups excluding carboxylic acids is 2. The molecule has 1 heterocycles. The lowest BCUT2D eigenvalue weighted by Gasteiger charge is -2.30. The molecule has 0 atom stereocenters. The van der Waals surface area contributed by atoms with E-state index in [0.29, 0.717) is 23.8 Å². The fourth-order valence-electron chi connectivity index (χ4n) is 3.95. The Balaban J connectivity index is 1.28. The fraction of sp³-hybridized carbons (Fsp3) is 0.286. The molecular formula is C28H31N3O3. The lowest BCUT2D eigenvalue weighted by Crippen LogP contribution is -2.37. The van der Waals surface area contributed by atoms with Crippen LogP contribution in [0.15, 0.2) is 78.9 Å². The van der Waals surface area contributed by atoms with Gasteiger partial charge in [-0.1, -0.05) is 49.4 Å². The van der Waals surface area contributed by atoms with Crippen molar-refractivity contribution in [2.24, 2.45) is 5.92 Å². The SMILES string of the molecule is CC1CCN(C(=O)c2cccc(NC(=O)CNc3cccc(OCc4ccccc4)c3)c2)CC1. The van der Waals surface area contributed by atoms with Crippen LogP contribution in [0.25, 0.3) is 0 Å². The summed E-state index contributed by atoms with van der Waals surface area (Å²) in [6.07, 6.45) is 2.07. The molecule has 0 spiro atoms. The molecule has 2 N–H and O–H groups in total. The molecule has 3 aromatic carbocycles. The Labute approximate surface area is 200 Å². The normalized spacial score (nSPS) is 13.9. The van der Waals surface area contributed by atoms with Gasteiger partial charge >= 0.3 is 0 Å². The number of nitrogens with one attached hydrogen (secondary N) is 2. The van der Waals surface area contributed by atoms with Gasteiger partial charge in [0.2, 0.25) is 5.91 Å². The number of hydrogen-bond acceptors (Lipinski definition) is 4. The molecule has 1 saturated heterocycles. The molecule has 0 bridgehead atoms. The van der Waals surface area contributed by atoms with Crippen molar-refractivity contribution in [2.75, 3.05) is 30.3 Å². The number of piperidine rings is 1. The molecule has 2 amide bonds. The number of rotatable bonds is 8. The monoisotopic (exact) mass is 457 g/mol. The molecule has 6 nitrogen and oxygen atoms in total. The topological polar surface area (TPSA) is 70.7 Å². The zero-order chi connectivity index (χ0) is 23.8. The second-order valence-corrected chi connectivity index (χ2v) is 8.76. The quantitative estimate of drug-likeness (QED) is 0.488. The first-order chi connectivity index (χ1) is 16.6. The third kappa shape index (κ3) is 6.61. The highest BCUT2D eigenvalue weighted by atomic mass is 16.5. The summed E-state index contributed by atoms with van der Waals surface area (Å²) >= 11 is 0. The molecule has 34 heavy (non-hydrogen) atoms. The van der Waals surface area contributed by atoms with Gasteiger partial charge in [-0.05, 0) is 54.7 Å². The second-order valence-electron chi connectivity index (χ2n) is 8.76. The van der Waals surface area contributed by atoms with Gasteiger partial charge in [0.1, 0.15) is 12.4 Å². The Hall–Kier alpha value is -3.80. The van der Waals surface area contributed by atoms with Crippen LogP contribution < -0.4 is 15.4 Å². The summed E-state index contributed by atoms with van der Waals surface area (Å²) in [5, 5.41) is 6.00. The molecule has 0 saturated carbocycles. The number of amides is 2. The largest absolute Gasteiger partial charge is 0.489 e. The minimum absolute atomic E-state index is 0.0217. The number of ether oxygens (including phenoxy) is 1. The lowest BCUT2D eigenvalue weighted by atomic mass is 9.98. The Morgan fingerprint density at radius 1 is 0.912 bits per heavy atom. The van der Waals surface area contributed by atoms with Gasteiger partial charge < -0.3 is 20.3 Å². The van der Waals surface area contributed by atoms with Crippen molar-refractivity contribution in [2.45, 2.75) is 26.4 Å². The highest BCUT2D eigenvalue weighted by molar-refractivity contribution is 5.98. The number of benzene rings is 3. The number of anilines is 2. The molecule has 0 aliphatic carbocycles. The van der Waals surface area contributed by atoms with Crippen LogP contribution in [0.3, 0.4) is 0 Å². The maximum atomic E-state index is 12.8. The van der Waals surface area contributed by atoms with Crippen molar-refractivity contribution < 1.29 is 14.3 Å². The maximum absolute atomic E-state index is 12.8. The molecular weight excluding hydrogens is 426 g/mol. The van der Waals surface area contributed by atoms with E-state index in [9.17, 15) is 9.59 Å². The third-order valence-corrected chi connectivity index (χ3v) is 6.00. The predicted molar refractivity (Wildman–Crippen MR) is 135 cm³/mol. The molecule has 6 heteroatoms. The highest BCUT2D eigenvalue weighted by Crippen LogP contribution is 2.21. The smallest absolute Gasteiger partial charge is 0.253 e. The highest BCUT2D eigenvalue weighted by Gasteiger charge is 2.21. The number of hydrogen-bond donors (Lipinski definition) is 2. The van der Waals surface area contributed by atoms with E-state index in [0.717, 1.165) is 42.9 Å². The Kier molecular flexibility index (Phi) is 7.81. The van der Waals surface area contributed by atoms with Crippen molar-refractivity contribution >= 4 is 23.2 Å². The van der Waals surface area contributed by atoms with E-state index in [2.05, 4.69) is 17.6 Å². The van der Waals surface area contributed by atoms with Gasteiger partial charge in [0.15, 0.2) is 0 Å². The number of carbonyl (C=O) groups is 2. The van der Waals surface area contributed by atoms with E-state index < -0.39 is 0 Å². The Bertz CT molecular complexity index is 1110. The van der Waals surface area contributed by atoms with Gasteiger partial charge in [-0.3, -0.25) is 9.59 Å². The summed E-state index contributed by atoms with van der Waals surface area (Å²) < 4.78 is 5.85. The van der Waals surface area contributed by atoms with Crippen LogP contribution in [0.5, 0.6) is 5.75 Å². The van der Waals surface area contributed by atoms with E-state index in [-0.39, 0.29) is 18.4 Å². The van der Waals surface area contributed by atoms with Crippen LogP contribution in [0.2, 0.25) is 0 Å². The van der Waals surface area contributed by atoms with E-state index in [4.69, 9.17) is 4.74 Å². The second kappa shape index (κ2) is 11.4. The van der Waals surface area contributed by atoms with Gasteiger partial charge in [-0.2, -0.15) is 0 Å². The van der Waals surface area contributed by atoms with Crippen molar-refractivity contribution in [3.63, 3.8) is 0 Å². The van der Waals surface area contributed by atoms with Crippen molar-refractivity contribution in [1.29, 1.82) is 0 Å². The van der Waals surface area contributed by atoms with Crippen LogP contribution in [0.1, 0.15) is 35.7 Å². The third-order valence-electron chi connectivity index (χ3n) is 6.00. The fourth-order valence-corrected chi connectivity index (χ4v) is 3.95. The summed E-state index contributed by atoms with van der Waals surface area (Å²) in [6.45, 7) is 4.38. The molecule has 1 fully saturated rings. The molecule has 0 radical (unpaired) electrons. The van der Waals surface area contributed by atoms with Crippen LogP contribution in [0, 0.1) is 5.92 Å². The minimum Gasteiger partial charge on any atom is -0.489 e. The summed E-state index contributed by atoms with van der Waals surface area (Å²) in [5.41, 5.74) is 3.10. The standard InChI is InChI=1S/C28H31N3O3/c1-21-13-15-31(16-14-21)28(33)23-9-5-11-25(17-23)30-27(32)19-29-24-10-6-12-26(18-24)34-20-22-7-3-2-4-8-22/h2-12,17-18,21,29H,13-16,19-20H2,1H3,(H,30,32). The summed E-state index contributed by atoms with van der Waals surface area (Å²) in [6, 6.07) is 24.6. The summed E-state index contributed by atoms with van der Waals surface area (Å²) in [5.74, 6) is 1.23. The van der Waals surface area contributed by atoms with Crippen LogP contribution in [-0.4, -0.2) is 36.3 Å². The van der Waals surface area contributed by atoms with Gasteiger partial charge in [-0.25, -0.2) is 0 Å². The predicted octanol–water partition coefficient (Wildman–Crippen LogP) is 5.19. The van der Waals surface area contributed by atoms with Crippen LogP contribution in [0.4, 0.5) is 11.4 Å². The first-order valence-electron chi connectivity index (χ1n) is 11.8. The summed E-state index contributed by atoms with van der Waals surface area (Å²) in [7, 11) is 0. The van der Waals surface area contributed by atoms with E-state index >= 15 is 0 Å². The molecule has 4 rings (SSSR count). The minimum atomic E-state index is -0.188. The lowest BCUT2D eigenvalue weighted by molar-refractivity contribution is -0.114. The van der Waals surface area contributed by atoms with E-state index in [1.165, 1.54) is 0 Å². The molecule has 176 valence electrons. The number of likely N-dealkylation sites (tertiary alicyclic amines) is 1. The zero-order valence-corrected chi connectivity index (χ0v) is 19.5. The van der Waals surface area contributed by atoms with E-state index in [1.807, 2.05) is 59.5 Å². The zero-order valence-electron chi connectivity index (χ0n) is 19.5. The Morgan fingerprint density at radius 3 is 2.44 bits per heavy atom. The number of nitrogens with zero attached hydrogens (tertiary/aromatic N) is 1. The first kappa shape index (κ1) is 23.4. The van der Waals surface area contributed by atoms with Gasteiger partial charge in [0, 0.05) is 36.1 Å². The van der Waals surface area contributed by atoms with Crippen LogP contribution >= 0.6 is 0 Å². The van der Waals surface area contributed by atoms with Gasteiger partial charge in [-0.15, -0.1) is 0 Å². The van der Waals surface area contributed by atoms with Crippen molar-refractivity contribution in [3.8, 4) is 5.75 Å². The average Bonchev–Trinajstić information content (AvgIpc) is 2.87. The molecule has 1 aliphatic rings. The van der Waals surface area contributed by atoms with E-state index in [1.54, 1.807) is 24.3 Å². The molecule has 1 aliphatic heterocycles. The molecule has 3 aromatic rings. The van der Waals surface area contributed by atoms with Gasteiger partial charge in [0.25, 0.3) is 5.91 Å². The Morgan fingerprint density at radius 2 is 1.65 bits per heavy atom. The van der Waals surface area contributed by atoms with Crippen molar-refractivity contribution in [1.82, 2.24) is 4.90 Å². The van der Waals surface area contributed by atoms with Crippen molar-refractivity contribution in [3.05, 3.63) is 90.0 Å². The molecule has 0 unspecified atom stereocenters. The average molecular weight is 458 g/mol. The van der Waals surface area contributed by atoms with Gasteiger partial charge in [0.05, 0.1) is 6.54 Å². The molecule has 0 aromatic heterocycles.